The third-order valence-corrected chi connectivity index (χ3v) is 3.86. The molecule has 2 rings (SSSR count). The Balaban J connectivity index is 2.10. The van der Waals surface area contributed by atoms with Gasteiger partial charge in [-0.25, -0.2) is 4.98 Å². The van der Waals surface area contributed by atoms with E-state index in [0.29, 0.717) is 29.4 Å². The molecule has 0 radical (unpaired) electrons. The van der Waals surface area contributed by atoms with E-state index in [1.807, 2.05) is 6.92 Å². The standard InChI is InChI=1S/C14H18Cl2N2O2/c1-3-20-13(19)8-18(10-4-5-10)7-11-12(15)6-9(2)17-14(11)16/h6,10H,3-5,7-8H2,1-2H3. The van der Waals surface area contributed by atoms with Crippen LogP contribution < -0.4 is 0 Å². The van der Waals surface area contributed by atoms with Crippen LogP contribution in [0.15, 0.2) is 6.07 Å². The highest BCUT2D eigenvalue weighted by atomic mass is 35.5. The summed E-state index contributed by atoms with van der Waals surface area (Å²) in [5.74, 6) is -0.216. The first kappa shape index (κ1) is 15.5. The quantitative estimate of drug-likeness (QED) is 0.597. The van der Waals surface area contributed by atoms with Gasteiger partial charge in [-0.2, -0.15) is 0 Å². The van der Waals surface area contributed by atoms with Gasteiger partial charge in [0.15, 0.2) is 0 Å². The maximum Gasteiger partial charge on any atom is 0.320 e. The molecule has 0 saturated heterocycles. The largest absolute Gasteiger partial charge is 0.465 e. The van der Waals surface area contributed by atoms with E-state index in [0.717, 1.165) is 24.1 Å². The van der Waals surface area contributed by atoms with Crippen molar-refractivity contribution in [1.82, 2.24) is 9.88 Å². The Morgan fingerprint density at radius 3 is 2.75 bits per heavy atom. The Morgan fingerprint density at radius 1 is 1.50 bits per heavy atom. The Kier molecular flexibility index (Phi) is 5.24. The molecule has 0 bridgehead atoms. The topological polar surface area (TPSA) is 42.4 Å². The summed E-state index contributed by atoms with van der Waals surface area (Å²) >= 11 is 12.4. The SMILES string of the molecule is CCOC(=O)CN(Cc1c(Cl)cc(C)nc1Cl)C1CC1. The van der Waals surface area contributed by atoms with Crippen LogP contribution in [-0.2, 0) is 16.1 Å². The second-order valence-corrected chi connectivity index (χ2v) is 5.72. The summed E-state index contributed by atoms with van der Waals surface area (Å²) in [5, 5.41) is 1.00. The van der Waals surface area contributed by atoms with Crippen LogP contribution >= 0.6 is 23.2 Å². The number of aryl methyl sites for hydroxylation is 1. The van der Waals surface area contributed by atoms with Crippen molar-refractivity contribution in [2.75, 3.05) is 13.2 Å². The van der Waals surface area contributed by atoms with Crippen molar-refractivity contribution in [3.8, 4) is 0 Å². The molecule has 0 amide bonds. The van der Waals surface area contributed by atoms with Crippen LogP contribution in [0, 0.1) is 6.92 Å². The minimum absolute atomic E-state index is 0.216. The Hall–Kier alpha value is -0.840. The smallest absolute Gasteiger partial charge is 0.320 e. The molecule has 0 aromatic carbocycles. The second-order valence-electron chi connectivity index (χ2n) is 4.96. The lowest BCUT2D eigenvalue weighted by Crippen LogP contribution is -2.32. The van der Waals surface area contributed by atoms with Crippen LogP contribution in [-0.4, -0.2) is 35.0 Å². The molecule has 1 heterocycles. The molecule has 0 spiro atoms. The number of aromatic nitrogens is 1. The van der Waals surface area contributed by atoms with Crippen molar-refractivity contribution in [3.63, 3.8) is 0 Å². The number of ether oxygens (including phenoxy) is 1. The zero-order chi connectivity index (χ0) is 14.7. The molecule has 20 heavy (non-hydrogen) atoms. The molecule has 1 aromatic heterocycles. The molecule has 0 atom stereocenters. The molecule has 4 nitrogen and oxygen atoms in total. The van der Waals surface area contributed by atoms with E-state index in [1.165, 1.54) is 0 Å². The molecule has 6 heteroatoms. The van der Waals surface area contributed by atoms with E-state index in [4.69, 9.17) is 27.9 Å². The van der Waals surface area contributed by atoms with Gasteiger partial charge in [0.2, 0.25) is 0 Å². The molecule has 110 valence electrons. The number of carbonyl (C=O) groups excluding carboxylic acids is 1. The lowest BCUT2D eigenvalue weighted by atomic mass is 10.2. The summed E-state index contributed by atoms with van der Waals surface area (Å²) in [4.78, 5) is 17.9. The third-order valence-electron chi connectivity index (χ3n) is 3.21. The van der Waals surface area contributed by atoms with Gasteiger partial charge in [-0.05, 0) is 32.8 Å². The Bertz CT molecular complexity index is 481. The molecular formula is C14H18Cl2N2O2. The summed E-state index contributed by atoms with van der Waals surface area (Å²) in [7, 11) is 0. The molecule has 0 unspecified atom stereocenters. The average Bonchev–Trinajstić information content (AvgIpc) is 3.16. The summed E-state index contributed by atoms with van der Waals surface area (Å²) in [6, 6.07) is 2.20. The molecular weight excluding hydrogens is 299 g/mol. The van der Waals surface area contributed by atoms with E-state index >= 15 is 0 Å². The van der Waals surface area contributed by atoms with Gasteiger partial charge in [-0.15, -0.1) is 0 Å². The number of rotatable bonds is 6. The zero-order valence-electron chi connectivity index (χ0n) is 11.7. The number of pyridine rings is 1. The van der Waals surface area contributed by atoms with E-state index in [1.54, 1.807) is 13.0 Å². The molecule has 0 N–H and O–H groups in total. The minimum Gasteiger partial charge on any atom is -0.465 e. The van der Waals surface area contributed by atoms with Gasteiger partial charge < -0.3 is 4.74 Å². The number of nitrogens with zero attached hydrogens (tertiary/aromatic N) is 2. The summed E-state index contributed by atoms with van der Waals surface area (Å²) < 4.78 is 5.01. The van der Waals surface area contributed by atoms with Crippen LogP contribution in [0.3, 0.4) is 0 Å². The summed E-state index contributed by atoms with van der Waals surface area (Å²) in [6.07, 6.45) is 2.18. The van der Waals surface area contributed by atoms with Gasteiger partial charge >= 0.3 is 5.97 Å². The van der Waals surface area contributed by atoms with Crippen molar-refractivity contribution in [1.29, 1.82) is 0 Å². The second kappa shape index (κ2) is 6.74. The number of carbonyl (C=O) groups is 1. The maximum atomic E-state index is 11.7. The van der Waals surface area contributed by atoms with Gasteiger partial charge in [0.1, 0.15) is 5.15 Å². The zero-order valence-corrected chi connectivity index (χ0v) is 13.2. The predicted molar refractivity (Wildman–Crippen MR) is 79.1 cm³/mol. The molecule has 1 aromatic rings. The summed E-state index contributed by atoms with van der Waals surface area (Å²) in [6.45, 7) is 4.83. The van der Waals surface area contributed by atoms with Gasteiger partial charge in [0, 0.05) is 28.9 Å². The number of esters is 1. The van der Waals surface area contributed by atoms with Crippen molar-refractivity contribution in [2.45, 2.75) is 39.3 Å². The fourth-order valence-electron chi connectivity index (χ4n) is 2.09. The Morgan fingerprint density at radius 2 is 2.20 bits per heavy atom. The number of halogens is 2. The third kappa shape index (κ3) is 4.08. The summed E-state index contributed by atoms with van der Waals surface area (Å²) in [5.41, 5.74) is 1.56. The molecule has 1 aliphatic rings. The predicted octanol–water partition coefficient (Wildman–Crippen LogP) is 3.22. The van der Waals surface area contributed by atoms with Crippen LogP contribution in [0.25, 0.3) is 0 Å². The fourth-order valence-corrected chi connectivity index (χ4v) is 2.74. The van der Waals surface area contributed by atoms with Gasteiger partial charge in [-0.3, -0.25) is 9.69 Å². The van der Waals surface area contributed by atoms with Gasteiger partial charge in [0.25, 0.3) is 0 Å². The van der Waals surface area contributed by atoms with Crippen molar-refractivity contribution < 1.29 is 9.53 Å². The highest BCUT2D eigenvalue weighted by Gasteiger charge is 2.31. The van der Waals surface area contributed by atoms with Gasteiger partial charge in [0.05, 0.1) is 13.2 Å². The average molecular weight is 317 g/mol. The van der Waals surface area contributed by atoms with Crippen molar-refractivity contribution >= 4 is 29.2 Å². The normalized spacial score (nSPS) is 14.7. The lowest BCUT2D eigenvalue weighted by molar-refractivity contribution is -0.144. The van der Waals surface area contributed by atoms with E-state index in [2.05, 4.69) is 9.88 Å². The number of hydrogen-bond donors (Lipinski definition) is 0. The van der Waals surface area contributed by atoms with Crippen LogP contribution in [0.2, 0.25) is 10.2 Å². The monoisotopic (exact) mass is 316 g/mol. The molecule has 1 aliphatic carbocycles. The highest BCUT2D eigenvalue weighted by molar-refractivity contribution is 6.35. The van der Waals surface area contributed by atoms with E-state index < -0.39 is 0 Å². The highest BCUT2D eigenvalue weighted by Crippen LogP contribution is 2.31. The first-order chi connectivity index (χ1) is 9.51. The number of hydrogen-bond acceptors (Lipinski definition) is 4. The Labute approximate surface area is 129 Å². The minimum atomic E-state index is -0.216. The first-order valence-electron chi connectivity index (χ1n) is 6.72. The van der Waals surface area contributed by atoms with Crippen LogP contribution in [0.4, 0.5) is 0 Å². The van der Waals surface area contributed by atoms with Crippen LogP contribution in [0.5, 0.6) is 0 Å². The molecule has 1 fully saturated rings. The van der Waals surface area contributed by atoms with E-state index in [-0.39, 0.29) is 12.5 Å². The molecule has 0 aliphatic heterocycles. The van der Waals surface area contributed by atoms with Crippen molar-refractivity contribution in [3.05, 3.63) is 27.5 Å². The maximum absolute atomic E-state index is 11.7. The lowest BCUT2D eigenvalue weighted by Gasteiger charge is -2.22. The van der Waals surface area contributed by atoms with Crippen LogP contribution in [0.1, 0.15) is 31.0 Å². The van der Waals surface area contributed by atoms with E-state index in [9.17, 15) is 4.79 Å². The van der Waals surface area contributed by atoms with Crippen molar-refractivity contribution in [2.24, 2.45) is 0 Å². The fraction of sp³-hybridized carbons (Fsp3) is 0.571. The first-order valence-corrected chi connectivity index (χ1v) is 7.48. The molecule has 1 saturated carbocycles. The van der Waals surface area contributed by atoms with Gasteiger partial charge in [-0.1, -0.05) is 23.2 Å².